The lowest BCUT2D eigenvalue weighted by molar-refractivity contribution is -0.136. The second-order valence-electron chi connectivity index (χ2n) is 5.80. The Bertz CT molecular complexity index is 470. The zero-order chi connectivity index (χ0) is 15.3. The van der Waals surface area contributed by atoms with Crippen LogP contribution in [0.2, 0.25) is 5.02 Å². The summed E-state index contributed by atoms with van der Waals surface area (Å²) >= 11 is 5.88. The van der Waals surface area contributed by atoms with Crippen LogP contribution in [0.3, 0.4) is 0 Å². The van der Waals surface area contributed by atoms with Crippen molar-refractivity contribution in [2.75, 3.05) is 19.8 Å². The van der Waals surface area contributed by atoms with Gasteiger partial charge in [-0.25, -0.2) is 0 Å². The molecule has 1 saturated heterocycles. The van der Waals surface area contributed by atoms with Crippen molar-refractivity contribution in [2.45, 2.75) is 32.2 Å². The van der Waals surface area contributed by atoms with Gasteiger partial charge in [-0.05, 0) is 43.9 Å². The summed E-state index contributed by atoms with van der Waals surface area (Å²) in [6.07, 6.45) is 2.17. The van der Waals surface area contributed by atoms with Crippen LogP contribution in [0.4, 0.5) is 0 Å². The standard InChI is InChI=1S/C16H23ClN2O2/c1-12(10-13-2-4-14(17)5-3-13)19-15(20)16(11-18)6-8-21-9-7-16/h2-5,12H,6-11,18H2,1H3,(H,19,20). The first-order valence-electron chi connectivity index (χ1n) is 7.39. The van der Waals surface area contributed by atoms with Crippen LogP contribution in [0, 0.1) is 5.41 Å². The lowest BCUT2D eigenvalue weighted by atomic mass is 9.79. The minimum atomic E-state index is -0.466. The molecule has 116 valence electrons. The molecule has 1 atom stereocenters. The summed E-state index contributed by atoms with van der Waals surface area (Å²) in [6.45, 7) is 3.60. The van der Waals surface area contributed by atoms with E-state index < -0.39 is 5.41 Å². The minimum absolute atomic E-state index is 0.0507. The molecule has 1 unspecified atom stereocenters. The van der Waals surface area contributed by atoms with Crippen LogP contribution in [-0.2, 0) is 16.0 Å². The average molecular weight is 311 g/mol. The van der Waals surface area contributed by atoms with E-state index in [4.69, 9.17) is 22.1 Å². The Morgan fingerprint density at radius 2 is 2.00 bits per heavy atom. The van der Waals surface area contributed by atoms with E-state index in [-0.39, 0.29) is 11.9 Å². The SMILES string of the molecule is CC(Cc1ccc(Cl)cc1)NC(=O)C1(CN)CCOCC1. The highest BCUT2D eigenvalue weighted by Crippen LogP contribution is 2.29. The van der Waals surface area contributed by atoms with Crippen molar-refractivity contribution < 1.29 is 9.53 Å². The largest absolute Gasteiger partial charge is 0.381 e. The molecule has 3 N–H and O–H groups in total. The molecule has 2 rings (SSSR count). The number of amides is 1. The third-order valence-electron chi connectivity index (χ3n) is 4.15. The van der Waals surface area contributed by atoms with Crippen molar-refractivity contribution in [2.24, 2.45) is 11.1 Å². The third-order valence-corrected chi connectivity index (χ3v) is 4.41. The molecule has 0 spiro atoms. The van der Waals surface area contributed by atoms with Gasteiger partial charge in [0.1, 0.15) is 0 Å². The van der Waals surface area contributed by atoms with Gasteiger partial charge in [0.25, 0.3) is 0 Å². The number of halogens is 1. The number of ether oxygens (including phenoxy) is 1. The van der Waals surface area contributed by atoms with Gasteiger partial charge in [-0.1, -0.05) is 23.7 Å². The van der Waals surface area contributed by atoms with Crippen LogP contribution in [0.25, 0.3) is 0 Å². The number of hydrogen-bond donors (Lipinski definition) is 2. The van der Waals surface area contributed by atoms with Crippen LogP contribution in [0.5, 0.6) is 0 Å². The number of carbonyl (C=O) groups excluding carboxylic acids is 1. The summed E-state index contributed by atoms with van der Waals surface area (Å²) in [5.41, 5.74) is 6.54. The van der Waals surface area contributed by atoms with Crippen molar-refractivity contribution in [1.29, 1.82) is 0 Å². The van der Waals surface area contributed by atoms with Crippen LogP contribution in [0.1, 0.15) is 25.3 Å². The Labute approximate surface area is 131 Å². The molecule has 1 fully saturated rings. The lowest BCUT2D eigenvalue weighted by Gasteiger charge is -2.35. The predicted molar refractivity (Wildman–Crippen MR) is 84.3 cm³/mol. The normalized spacial score (nSPS) is 19.0. The second-order valence-corrected chi connectivity index (χ2v) is 6.24. The van der Waals surface area contributed by atoms with Crippen molar-refractivity contribution >= 4 is 17.5 Å². The molecule has 0 radical (unpaired) electrons. The van der Waals surface area contributed by atoms with Gasteiger partial charge < -0.3 is 15.8 Å². The van der Waals surface area contributed by atoms with Crippen LogP contribution < -0.4 is 11.1 Å². The molecule has 0 bridgehead atoms. The number of carbonyl (C=O) groups is 1. The van der Waals surface area contributed by atoms with E-state index >= 15 is 0 Å². The first-order chi connectivity index (χ1) is 10.1. The average Bonchev–Trinajstić information content (AvgIpc) is 2.50. The quantitative estimate of drug-likeness (QED) is 0.876. The molecular formula is C16H23ClN2O2. The maximum absolute atomic E-state index is 12.5. The maximum Gasteiger partial charge on any atom is 0.227 e. The molecule has 1 aromatic rings. The van der Waals surface area contributed by atoms with Gasteiger partial charge in [0, 0.05) is 30.8 Å². The van der Waals surface area contributed by atoms with Crippen molar-refractivity contribution in [3.8, 4) is 0 Å². The Hall–Kier alpha value is -1.10. The highest BCUT2D eigenvalue weighted by atomic mass is 35.5. The fraction of sp³-hybridized carbons (Fsp3) is 0.562. The third kappa shape index (κ3) is 4.19. The molecule has 4 nitrogen and oxygen atoms in total. The van der Waals surface area contributed by atoms with Crippen LogP contribution in [-0.4, -0.2) is 31.7 Å². The molecule has 5 heteroatoms. The summed E-state index contributed by atoms with van der Waals surface area (Å²) in [5.74, 6) is 0.0507. The molecule has 1 aliphatic rings. The Balaban J connectivity index is 1.93. The van der Waals surface area contributed by atoms with Crippen molar-refractivity contribution in [3.63, 3.8) is 0 Å². The Morgan fingerprint density at radius 3 is 2.57 bits per heavy atom. The minimum Gasteiger partial charge on any atom is -0.381 e. The van der Waals surface area contributed by atoms with Gasteiger partial charge in [0.15, 0.2) is 0 Å². The zero-order valence-corrected chi connectivity index (χ0v) is 13.2. The lowest BCUT2D eigenvalue weighted by Crippen LogP contribution is -2.51. The number of nitrogens with two attached hydrogens (primary N) is 1. The first-order valence-corrected chi connectivity index (χ1v) is 7.77. The van der Waals surface area contributed by atoms with E-state index in [0.717, 1.165) is 17.0 Å². The summed E-state index contributed by atoms with van der Waals surface area (Å²) < 4.78 is 5.34. The topological polar surface area (TPSA) is 64.4 Å². The van der Waals surface area contributed by atoms with E-state index in [1.807, 2.05) is 31.2 Å². The molecule has 0 saturated carbocycles. The van der Waals surface area contributed by atoms with Gasteiger partial charge in [0.05, 0.1) is 5.41 Å². The summed E-state index contributed by atoms with van der Waals surface area (Å²) in [6, 6.07) is 7.76. The van der Waals surface area contributed by atoms with Gasteiger partial charge >= 0.3 is 0 Å². The van der Waals surface area contributed by atoms with Gasteiger partial charge in [-0.15, -0.1) is 0 Å². The zero-order valence-electron chi connectivity index (χ0n) is 12.4. The summed E-state index contributed by atoms with van der Waals surface area (Å²) in [5, 5.41) is 3.82. The molecular weight excluding hydrogens is 288 g/mol. The summed E-state index contributed by atoms with van der Waals surface area (Å²) in [7, 11) is 0. The molecule has 1 amide bonds. The molecule has 21 heavy (non-hydrogen) atoms. The molecule has 0 aliphatic carbocycles. The highest BCUT2D eigenvalue weighted by molar-refractivity contribution is 6.30. The number of benzene rings is 1. The van der Waals surface area contributed by atoms with Crippen molar-refractivity contribution in [3.05, 3.63) is 34.9 Å². The number of rotatable bonds is 5. The van der Waals surface area contributed by atoms with Crippen LogP contribution in [0.15, 0.2) is 24.3 Å². The van der Waals surface area contributed by atoms with E-state index in [2.05, 4.69) is 5.32 Å². The summed E-state index contributed by atoms with van der Waals surface area (Å²) in [4.78, 5) is 12.5. The van der Waals surface area contributed by atoms with E-state index in [1.165, 1.54) is 0 Å². The van der Waals surface area contributed by atoms with Gasteiger partial charge in [0.2, 0.25) is 5.91 Å². The fourth-order valence-electron chi connectivity index (χ4n) is 2.69. The van der Waals surface area contributed by atoms with Gasteiger partial charge in [-0.3, -0.25) is 4.79 Å². The Kier molecular flexibility index (Phi) is 5.62. The van der Waals surface area contributed by atoms with E-state index in [9.17, 15) is 4.79 Å². The van der Waals surface area contributed by atoms with Gasteiger partial charge in [-0.2, -0.15) is 0 Å². The maximum atomic E-state index is 12.5. The highest BCUT2D eigenvalue weighted by Gasteiger charge is 2.39. The van der Waals surface area contributed by atoms with E-state index in [0.29, 0.717) is 32.6 Å². The molecule has 0 aromatic heterocycles. The monoisotopic (exact) mass is 310 g/mol. The molecule has 1 aliphatic heterocycles. The van der Waals surface area contributed by atoms with Crippen molar-refractivity contribution in [1.82, 2.24) is 5.32 Å². The first kappa shape index (κ1) is 16.3. The number of hydrogen-bond acceptors (Lipinski definition) is 3. The Morgan fingerprint density at radius 1 is 1.38 bits per heavy atom. The predicted octanol–water partition coefficient (Wildman–Crippen LogP) is 2.14. The van der Waals surface area contributed by atoms with E-state index in [1.54, 1.807) is 0 Å². The smallest absolute Gasteiger partial charge is 0.227 e. The molecule has 1 heterocycles. The molecule has 1 aromatic carbocycles. The fourth-order valence-corrected chi connectivity index (χ4v) is 2.81. The van der Waals surface area contributed by atoms with Crippen LogP contribution >= 0.6 is 11.6 Å². The number of nitrogens with one attached hydrogen (secondary N) is 1. The second kappa shape index (κ2) is 7.25.